The molecular weight excluding hydrogens is 292 g/mol. The second-order valence-electron chi connectivity index (χ2n) is 5.12. The van der Waals surface area contributed by atoms with E-state index in [1.54, 1.807) is 25.1 Å². The number of nitrogens with zero attached hydrogens (tertiary/aromatic N) is 1. The molecule has 1 aromatic carbocycles. The number of ketones is 1. The highest BCUT2D eigenvalue weighted by atomic mass is 16.5. The van der Waals surface area contributed by atoms with Crippen LogP contribution in [0.1, 0.15) is 25.3 Å². The maximum Gasteiger partial charge on any atom is 0.205 e. The summed E-state index contributed by atoms with van der Waals surface area (Å²) in [6.07, 6.45) is 1.66. The molecule has 0 saturated heterocycles. The lowest BCUT2D eigenvalue weighted by Crippen LogP contribution is -2.23. The van der Waals surface area contributed by atoms with Crippen molar-refractivity contribution in [3.05, 3.63) is 65.3 Å². The van der Waals surface area contributed by atoms with Crippen LogP contribution in [0.5, 0.6) is 5.75 Å². The van der Waals surface area contributed by atoms with Gasteiger partial charge in [0.15, 0.2) is 5.78 Å². The van der Waals surface area contributed by atoms with E-state index in [-0.39, 0.29) is 17.2 Å². The van der Waals surface area contributed by atoms with Crippen LogP contribution in [-0.4, -0.2) is 12.4 Å². The second kappa shape index (κ2) is 6.84. The van der Waals surface area contributed by atoms with Crippen LogP contribution in [0.25, 0.3) is 0 Å². The lowest BCUT2D eigenvalue weighted by Gasteiger charge is -2.26. The zero-order chi connectivity index (χ0) is 17.0. The topological polar surface area (TPSA) is 85.3 Å². The van der Waals surface area contributed by atoms with Gasteiger partial charge in [-0.3, -0.25) is 4.79 Å². The summed E-state index contributed by atoms with van der Waals surface area (Å²) in [4.78, 5) is 12.0. The summed E-state index contributed by atoms with van der Waals surface area (Å²) in [6.45, 7) is 7.13. The number of allylic oxidation sites excluding steroid dienone is 3. The lowest BCUT2D eigenvalue weighted by atomic mass is 9.81. The maximum atomic E-state index is 12.0. The molecule has 1 aromatic rings. The van der Waals surface area contributed by atoms with E-state index in [1.165, 1.54) is 6.92 Å². The monoisotopic (exact) mass is 310 g/mol. The van der Waals surface area contributed by atoms with E-state index < -0.39 is 5.92 Å². The Balaban J connectivity index is 2.47. The zero-order valence-electron chi connectivity index (χ0n) is 13.1. The summed E-state index contributed by atoms with van der Waals surface area (Å²) in [7, 11) is 0. The van der Waals surface area contributed by atoms with Crippen LogP contribution in [0.3, 0.4) is 0 Å². The van der Waals surface area contributed by atoms with Crippen molar-refractivity contribution >= 4 is 5.78 Å². The highest BCUT2D eigenvalue weighted by Gasteiger charge is 2.33. The van der Waals surface area contributed by atoms with Gasteiger partial charge in [-0.05, 0) is 31.5 Å². The molecule has 5 nitrogen and oxygen atoms in total. The summed E-state index contributed by atoms with van der Waals surface area (Å²) >= 11 is 0. The molecular formula is C18H18N2O3. The average molecular weight is 310 g/mol. The molecule has 118 valence electrons. The lowest BCUT2D eigenvalue weighted by molar-refractivity contribution is -0.114. The Bertz CT molecular complexity index is 737. The van der Waals surface area contributed by atoms with Gasteiger partial charge in [-0.1, -0.05) is 24.8 Å². The van der Waals surface area contributed by atoms with E-state index in [4.69, 9.17) is 15.2 Å². The number of rotatable bonds is 5. The molecule has 0 radical (unpaired) electrons. The van der Waals surface area contributed by atoms with Crippen LogP contribution in [-0.2, 0) is 9.53 Å². The molecule has 0 aromatic heterocycles. The minimum absolute atomic E-state index is 0.0342. The SMILES string of the molecule is C=CCOc1ccc([C@H]2C(C#N)=C(N)OC(C)=C2C(C)=O)cc1. The van der Waals surface area contributed by atoms with Crippen molar-refractivity contribution in [1.29, 1.82) is 5.26 Å². The minimum atomic E-state index is -0.528. The van der Waals surface area contributed by atoms with Gasteiger partial charge in [0.1, 0.15) is 29.8 Å². The van der Waals surface area contributed by atoms with Crippen molar-refractivity contribution in [1.82, 2.24) is 0 Å². The fraction of sp³-hybridized carbons (Fsp3) is 0.222. The Morgan fingerprint density at radius 1 is 1.48 bits per heavy atom. The normalized spacial score (nSPS) is 17.3. The van der Waals surface area contributed by atoms with Crippen molar-refractivity contribution in [3.63, 3.8) is 0 Å². The van der Waals surface area contributed by atoms with Gasteiger partial charge in [-0.15, -0.1) is 0 Å². The third-order valence-corrected chi connectivity index (χ3v) is 3.57. The fourth-order valence-corrected chi connectivity index (χ4v) is 2.58. The summed E-state index contributed by atoms with van der Waals surface area (Å²) in [6, 6.07) is 9.25. The second-order valence-corrected chi connectivity index (χ2v) is 5.12. The van der Waals surface area contributed by atoms with E-state index in [0.717, 1.165) is 5.56 Å². The molecule has 5 heteroatoms. The number of Topliss-reactive ketones (excluding diaryl/α,β-unsaturated/α-hetero) is 1. The number of hydrogen-bond acceptors (Lipinski definition) is 5. The van der Waals surface area contributed by atoms with Crippen LogP contribution in [0.2, 0.25) is 0 Å². The third kappa shape index (κ3) is 3.27. The van der Waals surface area contributed by atoms with Gasteiger partial charge in [0.05, 0.1) is 5.92 Å². The molecule has 23 heavy (non-hydrogen) atoms. The number of benzene rings is 1. The summed E-state index contributed by atoms with van der Waals surface area (Å²) in [5.41, 5.74) is 7.28. The molecule has 1 aliphatic heterocycles. The Hall–Kier alpha value is -3.00. The molecule has 0 spiro atoms. The first kappa shape index (κ1) is 16.4. The molecule has 1 aliphatic rings. The molecule has 0 aliphatic carbocycles. The molecule has 0 fully saturated rings. The largest absolute Gasteiger partial charge is 0.490 e. The average Bonchev–Trinajstić information content (AvgIpc) is 2.52. The number of ether oxygens (including phenoxy) is 2. The molecule has 2 rings (SSSR count). The molecule has 0 amide bonds. The molecule has 2 N–H and O–H groups in total. The smallest absolute Gasteiger partial charge is 0.205 e. The van der Waals surface area contributed by atoms with Crippen LogP contribution in [0, 0.1) is 11.3 Å². The minimum Gasteiger partial charge on any atom is -0.490 e. The van der Waals surface area contributed by atoms with Gasteiger partial charge in [-0.2, -0.15) is 5.26 Å². The first-order valence-corrected chi connectivity index (χ1v) is 7.12. The van der Waals surface area contributed by atoms with E-state index in [1.807, 2.05) is 12.1 Å². The quantitative estimate of drug-likeness (QED) is 0.845. The van der Waals surface area contributed by atoms with Crippen LogP contribution in [0.15, 0.2) is 59.7 Å². The highest BCUT2D eigenvalue weighted by molar-refractivity contribution is 5.96. The van der Waals surface area contributed by atoms with Crippen LogP contribution >= 0.6 is 0 Å². The van der Waals surface area contributed by atoms with Gasteiger partial charge in [0.25, 0.3) is 0 Å². The van der Waals surface area contributed by atoms with Gasteiger partial charge in [0.2, 0.25) is 5.88 Å². The van der Waals surface area contributed by atoms with Crippen molar-refractivity contribution in [3.8, 4) is 11.8 Å². The molecule has 0 bridgehead atoms. The van der Waals surface area contributed by atoms with Crippen LogP contribution < -0.4 is 10.5 Å². The summed E-state index contributed by atoms with van der Waals surface area (Å²) in [5.74, 6) is 0.457. The maximum absolute atomic E-state index is 12.0. The predicted molar refractivity (Wildman–Crippen MR) is 86.2 cm³/mol. The van der Waals surface area contributed by atoms with Gasteiger partial charge in [0, 0.05) is 5.57 Å². The Labute approximate surface area is 135 Å². The van der Waals surface area contributed by atoms with E-state index in [2.05, 4.69) is 12.6 Å². The van der Waals surface area contributed by atoms with Gasteiger partial charge < -0.3 is 15.2 Å². The summed E-state index contributed by atoms with van der Waals surface area (Å²) in [5, 5.41) is 9.41. The number of hydrogen-bond donors (Lipinski definition) is 1. The molecule has 1 heterocycles. The van der Waals surface area contributed by atoms with Crippen molar-refractivity contribution < 1.29 is 14.3 Å². The van der Waals surface area contributed by atoms with Crippen molar-refractivity contribution in [2.45, 2.75) is 19.8 Å². The standard InChI is InChI=1S/C18H18N2O3/c1-4-9-22-14-7-5-13(6-8-14)17-15(10-19)18(20)23-12(3)16(17)11(2)21/h4-8,17H,1,9,20H2,2-3H3/t17-/m0/s1. The van der Waals surface area contributed by atoms with Gasteiger partial charge in [-0.25, -0.2) is 0 Å². The Kier molecular flexibility index (Phi) is 4.87. The first-order valence-electron chi connectivity index (χ1n) is 7.12. The number of carbonyl (C=O) groups excluding carboxylic acids is 1. The Morgan fingerprint density at radius 3 is 2.65 bits per heavy atom. The van der Waals surface area contributed by atoms with Crippen molar-refractivity contribution in [2.24, 2.45) is 5.73 Å². The molecule has 0 saturated carbocycles. The third-order valence-electron chi connectivity index (χ3n) is 3.57. The van der Waals surface area contributed by atoms with Crippen LogP contribution in [0.4, 0.5) is 0 Å². The highest BCUT2D eigenvalue weighted by Crippen LogP contribution is 2.39. The number of nitrogens with two attached hydrogens (primary N) is 1. The number of nitriles is 1. The Morgan fingerprint density at radius 2 is 2.13 bits per heavy atom. The predicted octanol–water partition coefficient (Wildman–Crippen LogP) is 2.92. The zero-order valence-corrected chi connectivity index (χ0v) is 13.1. The fourth-order valence-electron chi connectivity index (χ4n) is 2.58. The van der Waals surface area contributed by atoms with E-state index in [0.29, 0.717) is 23.7 Å². The first-order chi connectivity index (χ1) is 11.0. The number of carbonyl (C=O) groups is 1. The van der Waals surface area contributed by atoms with Gasteiger partial charge >= 0.3 is 0 Å². The summed E-state index contributed by atoms with van der Waals surface area (Å²) < 4.78 is 10.8. The van der Waals surface area contributed by atoms with Crippen molar-refractivity contribution in [2.75, 3.05) is 6.61 Å². The molecule has 1 atom stereocenters. The van der Waals surface area contributed by atoms with E-state index in [9.17, 15) is 10.1 Å². The van der Waals surface area contributed by atoms with E-state index >= 15 is 0 Å². The molecule has 0 unspecified atom stereocenters.